The van der Waals surface area contributed by atoms with E-state index in [4.69, 9.17) is 0 Å². The molecule has 0 aliphatic carbocycles. The number of amides is 1. The fourth-order valence-electron chi connectivity index (χ4n) is 1.87. The fourth-order valence-corrected chi connectivity index (χ4v) is 2.75. The second-order valence-electron chi connectivity index (χ2n) is 5.05. The molecule has 2 nitrogen and oxygen atoms in total. The van der Waals surface area contributed by atoms with Gasteiger partial charge in [0.15, 0.2) is 0 Å². The third-order valence-electron chi connectivity index (χ3n) is 3.69. The number of carbonyl (C=O) groups is 1. The van der Waals surface area contributed by atoms with Crippen LogP contribution in [0.2, 0.25) is 0 Å². The summed E-state index contributed by atoms with van der Waals surface area (Å²) in [5, 5.41) is 4.05. The molecule has 1 atom stereocenters. The molecule has 0 radical (unpaired) electrons. The van der Waals surface area contributed by atoms with Crippen molar-refractivity contribution in [1.29, 1.82) is 0 Å². The first kappa shape index (κ1) is 15.2. The fraction of sp³-hybridized carbons (Fsp3) is 0.533. The third-order valence-corrected chi connectivity index (χ3v) is 4.09. The normalized spacial score (nSPS) is 14.1. The summed E-state index contributed by atoms with van der Waals surface area (Å²) in [7, 11) is 0. The Balaban J connectivity index is 2.91. The Labute approximate surface area is 118 Å². The van der Waals surface area contributed by atoms with Crippen molar-refractivity contribution in [2.75, 3.05) is 5.33 Å². The van der Waals surface area contributed by atoms with Gasteiger partial charge in [0.05, 0.1) is 0 Å². The molecule has 0 aromatic heterocycles. The number of aryl methyl sites for hydroxylation is 1. The third kappa shape index (κ3) is 3.58. The molecular formula is C15H22BrNO. The van der Waals surface area contributed by atoms with Crippen molar-refractivity contribution in [2.24, 2.45) is 0 Å². The van der Waals surface area contributed by atoms with Crippen LogP contribution in [0.25, 0.3) is 0 Å². The average Bonchev–Trinajstić information content (AvgIpc) is 2.32. The van der Waals surface area contributed by atoms with Gasteiger partial charge < -0.3 is 5.32 Å². The summed E-state index contributed by atoms with van der Waals surface area (Å²) < 4.78 is 0. The van der Waals surface area contributed by atoms with Crippen LogP contribution in [0.4, 0.5) is 0 Å². The van der Waals surface area contributed by atoms with E-state index in [9.17, 15) is 4.79 Å². The Hall–Kier alpha value is -0.830. The molecule has 1 amide bonds. The number of hydrogen-bond acceptors (Lipinski definition) is 1. The summed E-state index contributed by atoms with van der Waals surface area (Å²) in [6.45, 7) is 8.23. The van der Waals surface area contributed by atoms with Gasteiger partial charge in [0.2, 0.25) is 0 Å². The van der Waals surface area contributed by atoms with Crippen molar-refractivity contribution in [1.82, 2.24) is 5.32 Å². The van der Waals surface area contributed by atoms with Gasteiger partial charge in [-0.2, -0.15) is 0 Å². The molecule has 0 aliphatic rings. The lowest BCUT2D eigenvalue weighted by molar-refractivity contribution is 0.0901. The minimum atomic E-state index is -0.142. The molecule has 0 aliphatic heterocycles. The van der Waals surface area contributed by atoms with E-state index in [1.54, 1.807) is 0 Å². The first-order valence-electron chi connectivity index (χ1n) is 6.38. The predicted octanol–water partition coefficient (Wildman–Crippen LogP) is 3.99. The first-order valence-corrected chi connectivity index (χ1v) is 7.50. The van der Waals surface area contributed by atoms with Crippen LogP contribution >= 0.6 is 15.9 Å². The second-order valence-corrected chi connectivity index (χ2v) is 5.85. The van der Waals surface area contributed by atoms with Crippen molar-refractivity contribution in [3.63, 3.8) is 0 Å². The van der Waals surface area contributed by atoms with E-state index in [1.807, 2.05) is 32.0 Å². The number of halogens is 1. The largest absolute Gasteiger partial charge is 0.347 e. The highest BCUT2D eigenvalue weighted by molar-refractivity contribution is 9.09. The molecular weight excluding hydrogens is 290 g/mol. The van der Waals surface area contributed by atoms with Gasteiger partial charge in [-0.1, -0.05) is 35.0 Å². The number of carbonyl (C=O) groups excluding carboxylic acids is 1. The molecule has 0 bridgehead atoms. The Kier molecular flexibility index (Phi) is 5.39. The molecule has 100 valence electrons. The number of alkyl halides is 1. The Bertz CT molecular complexity index is 431. The summed E-state index contributed by atoms with van der Waals surface area (Å²) in [6.07, 6.45) is 1.86. The SMILES string of the molecule is CCC(C)(CCBr)NC(=O)c1cccc(C)c1C. The highest BCUT2D eigenvalue weighted by atomic mass is 79.9. The Morgan fingerprint density at radius 2 is 2.06 bits per heavy atom. The molecule has 0 heterocycles. The molecule has 0 fully saturated rings. The molecule has 1 N–H and O–H groups in total. The molecule has 0 saturated heterocycles. The van der Waals surface area contributed by atoms with E-state index in [1.165, 1.54) is 0 Å². The molecule has 1 aromatic carbocycles. The summed E-state index contributed by atoms with van der Waals surface area (Å²) in [5.41, 5.74) is 2.86. The topological polar surface area (TPSA) is 29.1 Å². The Morgan fingerprint density at radius 1 is 1.39 bits per heavy atom. The van der Waals surface area contributed by atoms with Crippen LogP contribution in [0, 0.1) is 13.8 Å². The zero-order chi connectivity index (χ0) is 13.8. The number of nitrogens with one attached hydrogen (secondary N) is 1. The van der Waals surface area contributed by atoms with Crippen molar-refractivity contribution >= 4 is 21.8 Å². The smallest absolute Gasteiger partial charge is 0.251 e. The lowest BCUT2D eigenvalue weighted by atomic mass is 9.94. The highest BCUT2D eigenvalue weighted by Gasteiger charge is 2.24. The van der Waals surface area contributed by atoms with Gasteiger partial charge in [-0.25, -0.2) is 0 Å². The van der Waals surface area contributed by atoms with Crippen LogP contribution < -0.4 is 5.32 Å². The van der Waals surface area contributed by atoms with Crippen LogP contribution in [-0.4, -0.2) is 16.8 Å². The van der Waals surface area contributed by atoms with Gasteiger partial charge in [0, 0.05) is 16.4 Å². The van der Waals surface area contributed by atoms with Gasteiger partial charge in [0.1, 0.15) is 0 Å². The van der Waals surface area contributed by atoms with Crippen molar-refractivity contribution in [2.45, 2.75) is 46.1 Å². The molecule has 1 rings (SSSR count). The summed E-state index contributed by atoms with van der Waals surface area (Å²) in [6, 6.07) is 5.86. The average molecular weight is 312 g/mol. The Morgan fingerprint density at radius 3 is 2.61 bits per heavy atom. The number of hydrogen-bond donors (Lipinski definition) is 1. The lowest BCUT2D eigenvalue weighted by Gasteiger charge is -2.29. The maximum atomic E-state index is 12.3. The van der Waals surface area contributed by atoms with Crippen LogP contribution in [0.3, 0.4) is 0 Å². The summed E-state index contributed by atoms with van der Waals surface area (Å²) in [5.74, 6) is 0.0292. The second kappa shape index (κ2) is 6.37. The molecule has 1 unspecified atom stereocenters. The quantitative estimate of drug-likeness (QED) is 0.819. The van der Waals surface area contributed by atoms with E-state index in [2.05, 4.69) is 35.1 Å². The van der Waals surface area contributed by atoms with Gasteiger partial charge in [0.25, 0.3) is 5.91 Å². The van der Waals surface area contributed by atoms with E-state index in [-0.39, 0.29) is 11.4 Å². The van der Waals surface area contributed by atoms with Crippen LogP contribution in [0.5, 0.6) is 0 Å². The van der Waals surface area contributed by atoms with Gasteiger partial charge in [-0.05, 0) is 50.8 Å². The molecule has 1 aromatic rings. The minimum Gasteiger partial charge on any atom is -0.347 e. The van der Waals surface area contributed by atoms with Crippen LogP contribution in [0.15, 0.2) is 18.2 Å². The van der Waals surface area contributed by atoms with E-state index < -0.39 is 0 Å². The van der Waals surface area contributed by atoms with Gasteiger partial charge in [-0.15, -0.1) is 0 Å². The van der Waals surface area contributed by atoms with Crippen molar-refractivity contribution in [3.05, 3.63) is 34.9 Å². The number of rotatable bonds is 5. The molecule has 0 saturated carbocycles. The van der Waals surface area contributed by atoms with E-state index in [0.29, 0.717) is 0 Å². The monoisotopic (exact) mass is 311 g/mol. The molecule has 18 heavy (non-hydrogen) atoms. The minimum absolute atomic E-state index is 0.0292. The maximum Gasteiger partial charge on any atom is 0.251 e. The zero-order valence-corrected chi connectivity index (χ0v) is 13.2. The van der Waals surface area contributed by atoms with Gasteiger partial charge >= 0.3 is 0 Å². The van der Waals surface area contributed by atoms with E-state index in [0.717, 1.165) is 34.9 Å². The van der Waals surface area contributed by atoms with Crippen molar-refractivity contribution in [3.8, 4) is 0 Å². The number of benzene rings is 1. The first-order chi connectivity index (χ1) is 8.43. The van der Waals surface area contributed by atoms with E-state index >= 15 is 0 Å². The molecule has 0 spiro atoms. The lowest BCUT2D eigenvalue weighted by Crippen LogP contribution is -2.46. The summed E-state index contributed by atoms with van der Waals surface area (Å²) in [4.78, 5) is 12.3. The maximum absolute atomic E-state index is 12.3. The summed E-state index contributed by atoms with van der Waals surface area (Å²) >= 11 is 3.45. The molecule has 3 heteroatoms. The van der Waals surface area contributed by atoms with Crippen molar-refractivity contribution < 1.29 is 4.79 Å². The highest BCUT2D eigenvalue weighted by Crippen LogP contribution is 2.19. The predicted molar refractivity (Wildman–Crippen MR) is 80.5 cm³/mol. The zero-order valence-electron chi connectivity index (χ0n) is 11.6. The van der Waals surface area contributed by atoms with Crippen LogP contribution in [0.1, 0.15) is 48.2 Å². The van der Waals surface area contributed by atoms with Crippen LogP contribution in [-0.2, 0) is 0 Å². The van der Waals surface area contributed by atoms with Gasteiger partial charge in [-0.3, -0.25) is 4.79 Å². The standard InChI is InChI=1S/C15H22BrNO/c1-5-15(4,9-10-16)17-14(18)13-8-6-7-11(2)12(13)3/h6-8H,5,9-10H2,1-4H3,(H,17,18).